The number of imidazole rings is 1. The highest BCUT2D eigenvalue weighted by Gasteiger charge is 2.26. The van der Waals surface area contributed by atoms with Crippen molar-refractivity contribution in [3.63, 3.8) is 0 Å². The van der Waals surface area contributed by atoms with Crippen molar-refractivity contribution in [1.29, 1.82) is 0 Å². The molecule has 0 aliphatic carbocycles. The quantitative estimate of drug-likeness (QED) is 0.433. The molecule has 0 spiro atoms. The topological polar surface area (TPSA) is 134 Å². The summed E-state index contributed by atoms with van der Waals surface area (Å²) in [4.78, 5) is 26.0. The van der Waals surface area contributed by atoms with Crippen LogP contribution in [0.5, 0.6) is 0 Å². The summed E-state index contributed by atoms with van der Waals surface area (Å²) in [6.07, 6.45) is 1.90. The van der Waals surface area contributed by atoms with Gasteiger partial charge in [0.25, 0.3) is 0 Å². The number of benzene rings is 2. The number of carbonyl (C=O) groups excluding carboxylic acids is 1. The fourth-order valence-corrected chi connectivity index (χ4v) is 5.27. The number of hydrogen-bond donors (Lipinski definition) is 2. The average Bonchev–Trinajstić information content (AvgIpc) is 3.58. The number of amides is 1. The van der Waals surface area contributed by atoms with E-state index in [0.29, 0.717) is 30.0 Å². The smallest absolute Gasteiger partial charge is 0.316 e. The molecule has 1 saturated heterocycles. The first-order chi connectivity index (χ1) is 16.3. The molecule has 1 aliphatic rings. The summed E-state index contributed by atoms with van der Waals surface area (Å²) in [5.41, 5.74) is 3.71. The largest absolute Gasteiger partial charge is 0.341 e. The second-order valence-corrected chi connectivity index (χ2v) is 10.2. The fraction of sp³-hybridized carbons (Fsp3) is 0.304. The van der Waals surface area contributed by atoms with Crippen molar-refractivity contribution >= 4 is 27.0 Å². The molecule has 176 valence electrons. The Morgan fingerprint density at radius 1 is 1.12 bits per heavy atom. The van der Waals surface area contributed by atoms with Crippen molar-refractivity contribution in [2.45, 2.75) is 38.1 Å². The molecule has 0 unspecified atom stereocenters. The Morgan fingerprint density at radius 3 is 2.71 bits per heavy atom. The van der Waals surface area contributed by atoms with Crippen LogP contribution >= 0.6 is 0 Å². The number of nitrogens with zero attached hydrogens (tertiary/aromatic N) is 4. The van der Waals surface area contributed by atoms with Crippen LogP contribution in [0.3, 0.4) is 0 Å². The van der Waals surface area contributed by atoms with Gasteiger partial charge in [-0.15, -0.1) is 0 Å². The normalized spacial score (nSPS) is 14.2. The van der Waals surface area contributed by atoms with Crippen LogP contribution in [-0.4, -0.2) is 52.4 Å². The summed E-state index contributed by atoms with van der Waals surface area (Å²) < 4.78 is 33.9. The van der Waals surface area contributed by atoms with Crippen molar-refractivity contribution in [1.82, 2.24) is 29.7 Å². The number of aromatic nitrogens is 4. The Labute approximate surface area is 196 Å². The van der Waals surface area contributed by atoms with Gasteiger partial charge in [-0.25, -0.2) is 18.1 Å². The van der Waals surface area contributed by atoms with Crippen LogP contribution in [0.4, 0.5) is 0 Å². The second kappa shape index (κ2) is 8.65. The molecule has 0 bridgehead atoms. The van der Waals surface area contributed by atoms with Crippen molar-refractivity contribution in [2.24, 2.45) is 0 Å². The second-order valence-electron chi connectivity index (χ2n) is 8.43. The number of rotatable bonds is 6. The van der Waals surface area contributed by atoms with E-state index >= 15 is 0 Å². The van der Waals surface area contributed by atoms with Crippen LogP contribution in [0.2, 0.25) is 0 Å². The molecular weight excluding hydrogens is 456 g/mol. The van der Waals surface area contributed by atoms with Gasteiger partial charge in [0.05, 0.1) is 22.5 Å². The summed E-state index contributed by atoms with van der Waals surface area (Å²) in [7, 11) is -3.86. The molecule has 1 aliphatic heterocycles. The van der Waals surface area contributed by atoms with Gasteiger partial charge in [0.15, 0.2) is 0 Å². The summed E-state index contributed by atoms with van der Waals surface area (Å²) in [6, 6.07) is 10.7. The Hall–Kier alpha value is -3.57. The van der Waals surface area contributed by atoms with Gasteiger partial charge < -0.3 is 14.4 Å². The third-order valence-corrected chi connectivity index (χ3v) is 7.40. The molecule has 2 aromatic heterocycles. The van der Waals surface area contributed by atoms with E-state index in [1.165, 1.54) is 6.07 Å². The predicted octanol–water partition coefficient (Wildman–Crippen LogP) is 2.94. The maximum absolute atomic E-state index is 13.1. The Kier molecular flexibility index (Phi) is 5.66. The van der Waals surface area contributed by atoms with Crippen LogP contribution in [0.25, 0.3) is 22.4 Å². The molecule has 2 aromatic carbocycles. The van der Waals surface area contributed by atoms with Gasteiger partial charge in [0, 0.05) is 18.7 Å². The first-order valence-corrected chi connectivity index (χ1v) is 12.5. The number of aromatic amines is 1. The highest BCUT2D eigenvalue weighted by molar-refractivity contribution is 7.89. The van der Waals surface area contributed by atoms with Gasteiger partial charge in [-0.1, -0.05) is 23.4 Å². The summed E-state index contributed by atoms with van der Waals surface area (Å²) in [5, 5.41) is 3.89. The van der Waals surface area contributed by atoms with Gasteiger partial charge >= 0.3 is 11.8 Å². The number of likely N-dealkylation sites (tertiary alicyclic amines) is 1. The third kappa shape index (κ3) is 4.31. The number of H-pyrrole nitrogens is 1. The van der Waals surface area contributed by atoms with Gasteiger partial charge in [-0.3, -0.25) is 4.79 Å². The molecule has 5 rings (SSSR count). The minimum atomic E-state index is -3.86. The Morgan fingerprint density at radius 2 is 1.91 bits per heavy atom. The number of sulfonamides is 1. The van der Waals surface area contributed by atoms with Gasteiger partial charge in [-0.05, 0) is 56.0 Å². The highest BCUT2D eigenvalue weighted by atomic mass is 32.2. The molecule has 34 heavy (non-hydrogen) atoms. The maximum Gasteiger partial charge on any atom is 0.316 e. The zero-order valence-electron chi connectivity index (χ0n) is 18.8. The molecule has 10 nitrogen and oxygen atoms in total. The molecule has 1 amide bonds. The number of nitrogens with one attached hydrogen (secondary N) is 2. The molecule has 3 heterocycles. The SMILES string of the molecule is Cc1ccc2nc(CNS(=O)(=O)c3cc(-c4noc(C(=O)N5CCCC5)n4)ccc3C)[nH]c2c1. The maximum atomic E-state index is 13.1. The minimum absolute atomic E-state index is 0.0103. The van der Waals surface area contributed by atoms with E-state index in [1.54, 1.807) is 24.0 Å². The summed E-state index contributed by atoms with van der Waals surface area (Å²) in [6.45, 7) is 5.03. The van der Waals surface area contributed by atoms with Crippen molar-refractivity contribution in [2.75, 3.05) is 13.1 Å². The van der Waals surface area contributed by atoms with E-state index in [9.17, 15) is 13.2 Å². The molecule has 4 aromatic rings. The molecular formula is C23H24N6O4S. The lowest BCUT2D eigenvalue weighted by Gasteiger charge is -2.11. The van der Waals surface area contributed by atoms with E-state index in [2.05, 4.69) is 24.8 Å². The average molecular weight is 481 g/mol. The first-order valence-electron chi connectivity index (χ1n) is 11.0. The number of hydrogen-bond acceptors (Lipinski definition) is 7. The molecule has 0 radical (unpaired) electrons. The number of fused-ring (bicyclic) bond motifs is 1. The van der Waals surface area contributed by atoms with Crippen molar-refractivity contribution in [3.8, 4) is 11.4 Å². The predicted molar refractivity (Wildman–Crippen MR) is 124 cm³/mol. The molecule has 0 saturated carbocycles. The molecule has 2 N–H and O–H groups in total. The van der Waals surface area contributed by atoms with Crippen LogP contribution in [-0.2, 0) is 16.6 Å². The fourth-order valence-electron chi connectivity index (χ4n) is 4.01. The van der Waals surface area contributed by atoms with Crippen LogP contribution < -0.4 is 4.72 Å². The van der Waals surface area contributed by atoms with Crippen LogP contribution in [0, 0.1) is 13.8 Å². The van der Waals surface area contributed by atoms with E-state index in [4.69, 9.17) is 4.52 Å². The Bertz CT molecular complexity index is 1480. The molecule has 11 heteroatoms. The van der Waals surface area contributed by atoms with Gasteiger partial charge in [0.2, 0.25) is 15.8 Å². The third-order valence-electron chi connectivity index (χ3n) is 5.85. The number of carbonyl (C=O) groups is 1. The molecule has 0 atom stereocenters. The monoisotopic (exact) mass is 480 g/mol. The highest BCUT2D eigenvalue weighted by Crippen LogP contribution is 2.24. The van der Waals surface area contributed by atoms with Crippen LogP contribution in [0.1, 0.15) is 40.5 Å². The van der Waals surface area contributed by atoms with Gasteiger partial charge in [-0.2, -0.15) is 4.98 Å². The van der Waals surface area contributed by atoms with Crippen molar-refractivity contribution in [3.05, 3.63) is 59.2 Å². The summed E-state index contributed by atoms with van der Waals surface area (Å²) >= 11 is 0. The lowest BCUT2D eigenvalue weighted by atomic mass is 10.1. The summed E-state index contributed by atoms with van der Waals surface area (Å²) in [5.74, 6) is 0.270. The Balaban J connectivity index is 1.36. The zero-order valence-corrected chi connectivity index (χ0v) is 19.6. The number of aryl methyl sites for hydroxylation is 2. The van der Waals surface area contributed by atoms with E-state index < -0.39 is 10.0 Å². The standard InChI is InChI=1S/C23H24N6O4S/c1-14-5-8-17-18(11-14)26-20(25-17)13-24-34(31,32)19-12-16(7-6-15(19)2)21-27-22(33-28-21)23(30)29-9-3-4-10-29/h5-8,11-12,24H,3-4,9-10,13H2,1-2H3,(H,25,26). The lowest BCUT2D eigenvalue weighted by Crippen LogP contribution is -2.27. The van der Waals surface area contributed by atoms with E-state index in [0.717, 1.165) is 29.4 Å². The van der Waals surface area contributed by atoms with Gasteiger partial charge in [0.1, 0.15) is 5.82 Å². The van der Waals surface area contributed by atoms with E-state index in [1.807, 2.05) is 25.1 Å². The minimum Gasteiger partial charge on any atom is -0.341 e. The van der Waals surface area contributed by atoms with Crippen molar-refractivity contribution < 1.29 is 17.7 Å². The first kappa shape index (κ1) is 22.2. The van der Waals surface area contributed by atoms with Crippen LogP contribution in [0.15, 0.2) is 45.8 Å². The zero-order chi connectivity index (χ0) is 23.9. The van der Waals surface area contributed by atoms with E-state index in [-0.39, 0.29) is 29.1 Å². The molecule has 1 fully saturated rings. The lowest BCUT2D eigenvalue weighted by molar-refractivity contribution is 0.0743.